The fourth-order valence-corrected chi connectivity index (χ4v) is 6.51. The zero-order valence-corrected chi connectivity index (χ0v) is 33.2. The minimum atomic E-state index is -6.54. The highest BCUT2D eigenvalue weighted by atomic mass is 19.4. The normalized spacial score (nSPS) is 14.6. The number of benzene rings is 2. The third kappa shape index (κ3) is 10.2. The molecule has 55 heavy (non-hydrogen) atoms. The Bertz CT molecular complexity index is 1840. The van der Waals surface area contributed by atoms with E-state index in [-0.39, 0.29) is 17.8 Å². The Morgan fingerprint density at radius 2 is 1.33 bits per heavy atom. The van der Waals surface area contributed by atoms with E-state index in [9.17, 15) is 44.7 Å². The SMILES string of the molecule is CCCCCc1ccc(-c2cc3ccc(OCCC(F)(F)C(F)(F)C(F)(F)C(F)(F)CCOC(=O)C(C)(CC(C)(C)C)C(C)(C)C)cc3oc2=O)c(CC)c1. The van der Waals surface area contributed by atoms with Crippen LogP contribution in [-0.4, -0.2) is 42.9 Å². The highest BCUT2D eigenvalue weighted by Gasteiger charge is 2.79. The van der Waals surface area contributed by atoms with Gasteiger partial charge in [0.1, 0.15) is 11.3 Å². The largest absolute Gasteiger partial charge is 0.493 e. The molecule has 0 fully saturated rings. The summed E-state index contributed by atoms with van der Waals surface area (Å²) in [6.07, 6.45) is 0.811. The Kier molecular flexibility index (Phi) is 14.0. The number of aryl methyl sites for hydroxylation is 2. The van der Waals surface area contributed by atoms with E-state index in [1.165, 1.54) is 19.1 Å². The van der Waals surface area contributed by atoms with Gasteiger partial charge < -0.3 is 13.9 Å². The molecule has 0 N–H and O–H groups in total. The highest BCUT2D eigenvalue weighted by molar-refractivity contribution is 5.83. The number of rotatable bonds is 18. The van der Waals surface area contributed by atoms with Crippen molar-refractivity contribution in [2.45, 2.75) is 137 Å². The number of fused-ring (bicyclic) bond motifs is 1. The van der Waals surface area contributed by atoms with Crippen molar-refractivity contribution in [3.63, 3.8) is 0 Å². The first kappa shape index (κ1) is 45.7. The van der Waals surface area contributed by atoms with Crippen LogP contribution in [0.5, 0.6) is 5.75 Å². The lowest BCUT2D eigenvalue weighted by atomic mass is 9.61. The van der Waals surface area contributed by atoms with Gasteiger partial charge in [0, 0.05) is 11.5 Å². The van der Waals surface area contributed by atoms with Crippen molar-refractivity contribution in [1.82, 2.24) is 0 Å². The smallest absolute Gasteiger partial charge is 0.378 e. The maximum atomic E-state index is 14.7. The molecular formula is C42H54F8O5. The van der Waals surface area contributed by atoms with Crippen molar-refractivity contribution >= 4 is 16.9 Å². The standard InChI is InChI=1S/C42H54F8O5/c1-10-12-13-14-27-15-18-31(28(11-2)23-27)32-24-29-16-17-30(25-33(29)55-34(32)51)53-21-19-39(43,44)41(47,48)42(49,50)40(45,46)20-22-54-35(52)38(9,37(6,7)8)26-36(3,4)5/h15-18,23-25H,10-14,19-22,26H2,1-9H3. The number of alkyl halides is 8. The summed E-state index contributed by atoms with van der Waals surface area (Å²) in [7, 11) is 0. The number of halogens is 8. The van der Waals surface area contributed by atoms with Crippen molar-refractivity contribution in [1.29, 1.82) is 0 Å². The van der Waals surface area contributed by atoms with Crippen molar-refractivity contribution in [2.24, 2.45) is 16.2 Å². The minimum Gasteiger partial charge on any atom is -0.493 e. The van der Waals surface area contributed by atoms with Gasteiger partial charge in [-0.1, -0.05) is 86.4 Å². The second-order valence-corrected chi connectivity index (χ2v) is 16.8. The second kappa shape index (κ2) is 16.8. The molecule has 0 saturated heterocycles. The Morgan fingerprint density at radius 1 is 0.727 bits per heavy atom. The van der Waals surface area contributed by atoms with Crippen LogP contribution in [0.25, 0.3) is 22.1 Å². The van der Waals surface area contributed by atoms with Crippen LogP contribution in [0.2, 0.25) is 0 Å². The van der Waals surface area contributed by atoms with Gasteiger partial charge in [-0.2, -0.15) is 35.1 Å². The molecule has 1 unspecified atom stereocenters. The van der Waals surface area contributed by atoms with Crippen LogP contribution in [0, 0.1) is 16.2 Å². The molecule has 3 rings (SSSR count). The Balaban J connectivity index is 1.70. The van der Waals surface area contributed by atoms with Gasteiger partial charge >= 0.3 is 35.3 Å². The molecule has 0 radical (unpaired) electrons. The lowest BCUT2D eigenvalue weighted by Gasteiger charge is -2.43. The number of carbonyl (C=O) groups is 1. The molecule has 0 saturated carbocycles. The van der Waals surface area contributed by atoms with Crippen LogP contribution >= 0.6 is 0 Å². The molecule has 1 atom stereocenters. The molecule has 0 aliphatic heterocycles. The van der Waals surface area contributed by atoms with Crippen LogP contribution in [0.15, 0.2) is 51.7 Å². The molecule has 3 aromatic rings. The van der Waals surface area contributed by atoms with Crippen LogP contribution in [0.4, 0.5) is 35.1 Å². The average molecular weight is 791 g/mol. The summed E-state index contributed by atoms with van der Waals surface area (Å²) >= 11 is 0. The predicted octanol–water partition coefficient (Wildman–Crippen LogP) is 12.5. The van der Waals surface area contributed by atoms with Gasteiger partial charge in [-0.15, -0.1) is 0 Å². The monoisotopic (exact) mass is 790 g/mol. The molecular weight excluding hydrogens is 736 g/mol. The molecule has 13 heteroatoms. The minimum absolute atomic E-state index is 0.0225. The summed E-state index contributed by atoms with van der Waals surface area (Å²) in [6, 6.07) is 11.3. The first-order chi connectivity index (χ1) is 25.1. The van der Waals surface area contributed by atoms with Crippen LogP contribution < -0.4 is 10.4 Å². The van der Waals surface area contributed by atoms with E-state index in [1.54, 1.807) is 26.8 Å². The van der Waals surface area contributed by atoms with E-state index in [4.69, 9.17) is 13.9 Å². The number of ether oxygens (including phenoxy) is 2. The van der Waals surface area contributed by atoms with Gasteiger partial charge in [0.2, 0.25) is 0 Å². The molecule has 0 spiro atoms. The number of carbonyl (C=O) groups excluding carboxylic acids is 1. The maximum Gasteiger partial charge on any atom is 0.378 e. The van der Waals surface area contributed by atoms with Gasteiger partial charge in [0.15, 0.2) is 0 Å². The molecule has 0 aliphatic carbocycles. The fourth-order valence-electron chi connectivity index (χ4n) is 6.51. The van der Waals surface area contributed by atoms with Crippen molar-refractivity contribution in [3.8, 4) is 16.9 Å². The first-order valence-electron chi connectivity index (χ1n) is 18.7. The maximum absolute atomic E-state index is 14.7. The summed E-state index contributed by atoms with van der Waals surface area (Å²) in [5, 5.41) is 0.428. The molecule has 1 aromatic heterocycles. The first-order valence-corrected chi connectivity index (χ1v) is 18.7. The lowest BCUT2D eigenvalue weighted by Crippen LogP contribution is -2.62. The van der Waals surface area contributed by atoms with E-state index < -0.39 is 77.6 Å². The van der Waals surface area contributed by atoms with E-state index in [1.807, 2.05) is 39.8 Å². The zero-order chi connectivity index (χ0) is 41.8. The van der Waals surface area contributed by atoms with E-state index >= 15 is 0 Å². The van der Waals surface area contributed by atoms with Gasteiger partial charge in [-0.3, -0.25) is 4.79 Å². The van der Waals surface area contributed by atoms with E-state index in [2.05, 4.69) is 13.0 Å². The van der Waals surface area contributed by atoms with Crippen molar-refractivity contribution in [2.75, 3.05) is 13.2 Å². The Morgan fingerprint density at radius 3 is 1.87 bits per heavy atom. The van der Waals surface area contributed by atoms with E-state index in [0.29, 0.717) is 22.9 Å². The summed E-state index contributed by atoms with van der Waals surface area (Å²) in [4.78, 5) is 26.0. The molecule has 308 valence electrons. The molecule has 5 nitrogen and oxygen atoms in total. The summed E-state index contributed by atoms with van der Waals surface area (Å²) in [6.45, 7) is 13.5. The zero-order valence-electron chi connectivity index (χ0n) is 33.2. The number of unbranched alkanes of at least 4 members (excludes halogenated alkanes) is 2. The Hall–Kier alpha value is -3.64. The predicted molar refractivity (Wildman–Crippen MR) is 198 cm³/mol. The van der Waals surface area contributed by atoms with E-state index in [0.717, 1.165) is 42.9 Å². The third-order valence-electron chi connectivity index (χ3n) is 10.3. The average Bonchev–Trinajstić information content (AvgIpc) is 3.06. The van der Waals surface area contributed by atoms with Crippen molar-refractivity contribution < 1.29 is 53.8 Å². The summed E-state index contributed by atoms with van der Waals surface area (Å²) in [5.41, 5.74) is -0.147. The van der Waals surface area contributed by atoms with Gasteiger partial charge in [-0.05, 0) is 78.3 Å². The lowest BCUT2D eigenvalue weighted by molar-refractivity contribution is -0.369. The third-order valence-corrected chi connectivity index (χ3v) is 10.3. The fraction of sp³-hybridized carbons (Fsp3) is 0.619. The number of hydrogen-bond donors (Lipinski definition) is 0. The molecule has 0 amide bonds. The molecule has 2 aromatic carbocycles. The van der Waals surface area contributed by atoms with Crippen molar-refractivity contribution in [3.05, 3.63) is 64.0 Å². The summed E-state index contributed by atoms with van der Waals surface area (Å²) < 4.78 is 133. The van der Waals surface area contributed by atoms with Crippen LogP contribution in [0.1, 0.15) is 112 Å². The number of hydrogen-bond acceptors (Lipinski definition) is 5. The van der Waals surface area contributed by atoms with Gasteiger partial charge in [0.05, 0.1) is 37.0 Å². The Labute approximate surface area is 318 Å². The van der Waals surface area contributed by atoms with Crippen LogP contribution in [-0.2, 0) is 22.4 Å². The molecule has 1 heterocycles. The molecule has 0 aliphatic rings. The topological polar surface area (TPSA) is 65.7 Å². The second-order valence-electron chi connectivity index (χ2n) is 16.8. The van der Waals surface area contributed by atoms with Gasteiger partial charge in [0.25, 0.3) is 0 Å². The number of esters is 1. The highest BCUT2D eigenvalue weighted by Crippen LogP contribution is 2.55. The molecule has 0 bridgehead atoms. The van der Waals surface area contributed by atoms with Crippen LogP contribution in [0.3, 0.4) is 0 Å². The quantitative estimate of drug-likeness (QED) is 0.0556. The summed E-state index contributed by atoms with van der Waals surface area (Å²) in [5.74, 6) is -25.6. The van der Waals surface area contributed by atoms with Gasteiger partial charge in [-0.25, -0.2) is 4.79 Å².